The molecule has 5 nitrogen and oxygen atoms in total. The van der Waals surface area contributed by atoms with Crippen LogP contribution in [0, 0.1) is 0 Å². The molecule has 8 heteroatoms. The average molecular weight is 361 g/mol. The van der Waals surface area contributed by atoms with Gasteiger partial charge in [0.05, 0.1) is 5.02 Å². The van der Waals surface area contributed by atoms with Crippen molar-refractivity contribution < 1.29 is 22.1 Å². The van der Waals surface area contributed by atoms with Gasteiger partial charge in [-0.15, -0.1) is 0 Å². The van der Waals surface area contributed by atoms with Crippen molar-refractivity contribution >= 4 is 39.3 Å². The molecule has 0 aliphatic rings. The molecule has 0 atom stereocenters. The van der Waals surface area contributed by atoms with E-state index >= 15 is 0 Å². The summed E-state index contributed by atoms with van der Waals surface area (Å²) >= 11 is 11.7. The summed E-state index contributed by atoms with van der Waals surface area (Å²) < 4.78 is 34.6. The van der Waals surface area contributed by atoms with Gasteiger partial charge in [-0.05, 0) is 24.3 Å². The van der Waals surface area contributed by atoms with Gasteiger partial charge in [-0.1, -0.05) is 41.4 Å². The minimum absolute atomic E-state index is 0.0659. The Morgan fingerprint density at radius 1 is 1.09 bits per heavy atom. The molecule has 2 rings (SSSR count). The van der Waals surface area contributed by atoms with E-state index in [0.29, 0.717) is 0 Å². The lowest BCUT2D eigenvalue weighted by Crippen LogP contribution is -2.13. The minimum Gasteiger partial charge on any atom is -0.424 e. The van der Waals surface area contributed by atoms with Crippen LogP contribution >= 0.6 is 23.2 Å². The Morgan fingerprint density at radius 2 is 1.73 bits per heavy atom. The first-order valence-electron chi connectivity index (χ1n) is 5.96. The van der Waals surface area contributed by atoms with Crippen molar-refractivity contribution in [3.63, 3.8) is 0 Å². The van der Waals surface area contributed by atoms with E-state index < -0.39 is 21.0 Å². The number of hydrogen-bond donors (Lipinski definition) is 0. The maximum Gasteiger partial charge on any atom is 0.343 e. The van der Waals surface area contributed by atoms with Crippen LogP contribution in [0.2, 0.25) is 10.0 Å². The second-order valence-corrected chi connectivity index (χ2v) is 6.52. The summed E-state index contributed by atoms with van der Waals surface area (Å²) in [4.78, 5) is 10.7. The second-order valence-electron chi connectivity index (χ2n) is 4.16. The highest BCUT2D eigenvalue weighted by Gasteiger charge is 2.26. The topological polar surface area (TPSA) is 69.7 Å². The maximum absolute atomic E-state index is 12.4. The van der Waals surface area contributed by atoms with Crippen molar-refractivity contribution in [2.75, 3.05) is 0 Å². The number of carbonyl (C=O) groups excluding carboxylic acids is 1. The largest absolute Gasteiger partial charge is 0.424 e. The van der Waals surface area contributed by atoms with Gasteiger partial charge in [0.25, 0.3) is 0 Å². The van der Waals surface area contributed by atoms with Crippen LogP contribution in [0.15, 0.2) is 47.4 Å². The predicted octanol–water partition coefficient (Wildman–Crippen LogP) is 3.69. The van der Waals surface area contributed by atoms with Crippen molar-refractivity contribution in [3.05, 3.63) is 52.5 Å². The number of ether oxygens (including phenoxy) is 1. The number of esters is 1. The summed E-state index contributed by atoms with van der Waals surface area (Å²) in [5.41, 5.74) is 0. The van der Waals surface area contributed by atoms with Crippen LogP contribution in [-0.4, -0.2) is 14.4 Å². The smallest absolute Gasteiger partial charge is 0.343 e. The Hall–Kier alpha value is -1.76. The predicted molar refractivity (Wildman–Crippen MR) is 82.0 cm³/mol. The lowest BCUT2D eigenvalue weighted by Gasteiger charge is -2.12. The molecular weight excluding hydrogens is 351 g/mol. The zero-order valence-electron chi connectivity index (χ0n) is 11.2. The Balaban J connectivity index is 2.52. The van der Waals surface area contributed by atoms with Crippen molar-refractivity contribution in [3.8, 4) is 11.5 Å². The molecular formula is C14H10Cl2O5S. The Bertz CT molecular complexity index is 803. The van der Waals surface area contributed by atoms with E-state index in [1.165, 1.54) is 18.2 Å². The fourth-order valence-corrected chi connectivity index (χ4v) is 3.37. The van der Waals surface area contributed by atoms with Gasteiger partial charge in [-0.2, -0.15) is 8.42 Å². The first kappa shape index (κ1) is 16.6. The summed E-state index contributed by atoms with van der Waals surface area (Å²) in [7, 11) is -4.28. The van der Waals surface area contributed by atoms with Gasteiger partial charge in [0.15, 0.2) is 10.6 Å². The number of hydrogen-bond acceptors (Lipinski definition) is 5. The standard InChI is InChI=1S/C14H10Cl2O5S/c1-9(17)20-14-12(16)7-10(15)8-13(14)22(18,19)21-11-5-3-2-4-6-11/h2-8H,1H3. The van der Waals surface area contributed by atoms with E-state index in [1.807, 2.05) is 0 Å². The van der Waals surface area contributed by atoms with Crippen LogP contribution in [0.4, 0.5) is 0 Å². The quantitative estimate of drug-likeness (QED) is 0.472. The molecule has 116 valence electrons. The van der Waals surface area contributed by atoms with E-state index in [2.05, 4.69) is 0 Å². The molecule has 0 aliphatic carbocycles. The Morgan fingerprint density at radius 3 is 2.32 bits per heavy atom. The van der Waals surface area contributed by atoms with Crippen molar-refractivity contribution in [1.29, 1.82) is 0 Å². The average Bonchev–Trinajstić information content (AvgIpc) is 2.41. The molecule has 0 saturated carbocycles. The van der Waals surface area contributed by atoms with E-state index in [-0.39, 0.29) is 21.5 Å². The van der Waals surface area contributed by atoms with Gasteiger partial charge >= 0.3 is 16.1 Å². The highest BCUT2D eigenvalue weighted by Crippen LogP contribution is 2.36. The van der Waals surface area contributed by atoms with Crippen LogP contribution in [0.1, 0.15) is 6.92 Å². The zero-order chi connectivity index (χ0) is 16.3. The molecule has 22 heavy (non-hydrogen) atoms. The molecule has 0 N–H and O–H groups in total. The lowest BCUT2D eigenvalue weighted by molar-refractivity contribution is -0.132. The number of halogens is 2. The van der Waals surface area contributed by atoms with Crippen LogP contribution in [0.3, 0.4) is 0 Å². The summed E-state index contributed by atoms with van der Waals surface area (Å²) in [5, 5.41) is -0.0472. The summed E-state index contributed by atoms with van der Waals surface area (Å²) in [6.07, 6.45) is 0. The summed E-state index contributed by atoms with van der Waals surface area (Å²) in [6.45, 7) is 1.12. The van der Waals surface area contributed by atoms with Gasteiger partial charge in [0.2, 0.25) is 0 Å². The molecule has 0 spiro atoms. The number of rotatable bonds is 4. The third-order valence-corrected chi connectivity index (χ3v) is 4.19. The fraction of sp³-hybridized carbons (Fsp3) is 0.0714. The number of benzene rings is 2. The SMILES string of the molecule is CC(=O)Oc1c(Cl)cc(Cl)cc1S(=O)(=O)Oc1ccccc1. The Kier molecular flexibility index (Phi) is 4.95. The maximum atomic E-state index is 12.4. The molecule has 0 saturated heterocycles. The second kappa shape index (κ2) is 6.56. The molecule has 2 aromatic rings. The van der Waals surface area contributed by atoms with E-state index in [9.17, 15) is 13.2 Å². The van der Waals surface area contributed by atoms with Crippen LogP contribution in [0.5, 0.6) is 11.5 Å². The fourth-order valence-electron chi connectivity index (χ4n) is 1.61. The van der Waals surface area contributed by atoms with Gasteiger partial charge in [-0.25, -0.2) is 0 Å². The van der Waals surface area contributed by atoms with Gasteiger partial charge in [0, 0.05) is 11.9 Å². The monoisotopic (exact) mass is 360 g/mol. The highest BCUT2D eigenvalue weighted by atomic mass is 35.5. The van der Waals surface area contributed by atoms with E-state index in [0.717, 1.165) is 13.0 Å². The van der Waals surface area contributed by atoms with Crippen LogP contribution < -0.4 is 8.92 Å². The Labute approximate surface area is 137 Å². The van der Waals surface area contributed by atoms with E-state index in [1.54, 1.807) is 18.2 Å². The molecule has 2 aromatic carbocycles. The lowest BCUT2D eigenvalue weighted by atomic mass is 10.3. The number of carbonyl (C=O) groups is 1. The molecule has 0 bridgehead atoms. The molecule has 0 amide bonds. The summed E-state index contributed by atoms with van der Waals surface area (Å²) in [5.74, 6) is -0.942. The van der Waals surface area contributed by atoms with E-state index in [4.69, 9.17) is 32.1 Å². The van der Waals surface area contributed by atoms with Gasteiger partial charge in [-0.3, -0.25) is 4.79 Å². The van der Waals surface area contributed by atoms with Crippen molar-refractivity contribution in [1.82, 2.24) is 0 Å². The highest BCUT2D eigenvalue weighted by molar-refractivity contribution is 7.87. The van der Waals surface area contributed by atoms with Crippen molar-refractivity contribution in [2.45, 2.75) is 11.8 Å². The molecule has 0 aromatic heterocycles. The third kappa shape index (κ3) is 3.91. The molecule has 0 aliphatic heterocycles. The van der Waals surface area contributed by atoms with Crippen LogP contribution in [0.25, 0.3) is 0 Å². The molecule has 0 unspecified atom stereocenters. The molecule has 0 heterocycles. The van der Waals surface area contributed by atoms with Gasteiger partial charge < -0.3 is 8.92 Å². The summed E-state index contributed by atoms with van der Waals surface area (Å²) in [6, 6.07) is 10.2. The number of para-hydroxylation sites is 1. The third-order valence-electron chi connectivity index (χ3n) is 2.44. The molecule has 0 radical (unpaired) electrons. The van der Waals surface area contributed by atoms with Gasteiger partial charge in [0.1, 0.15) is 5.75 Å². The normalized spacial score (nSPS) is 11.0. The minimum atomic E-state index is -4.28. The zero-order valence-corrected chi connectivity index (χ0v) is 13.6. The first-order valence-corrected chi connectivity index (χ1v) is 8.13. The molecule has 0 fully saturated rings. The van der Waals surface area contributed by atoms with Crippen molar-refractivity contribution in [2.24, 2.45) is 0 Å². The van der Waals surface area contributed by atoms with Crippen LogP contribution in [-0.2, 0) is 14.9 Å². The first-order chi connectivity index (χ1) is 10.3.